The number of aliphatic carboxylic acids is 1. The summed E-state index contributed by atoms with van der Waals surface area (Å²) in [5.74, 6) is -1.21. The SMILES string of the molecule is CN(Cc1cnn(C)c1)C(=O)C(N)CCC(=O)O. The summed E-state index contributed by atoms with van der Waals surface area (Å²) >= 11 is 0. The molecule has 0 fully saturated rings. The predicted molar refractivity (Wildman–Crippen MR) is 64.5 cm³/mol. The van der Waals surface area contributed by atoms with Gasteiger partial charge in [-0.2, -0.15) is 5.10 Å². The van der Waals surface area contributed by atoms with Gasteiger partial charge in [0.25, 0.3) is 0 Å². The van der Waals surface area contributed by atoms with Crippen LogP contribution in [0.4, 0.5) is 0 Å². The van der Waals surface area contributed by atoms with E-state index in [2.05, 4.69) is 5.10 Å². The van der Waals surface area contributed by atoms with Crippen molar-refractivity contribution in [3.05, 3.63) is 18.0 Å². The molecule has 18 heavy (non-hydrogen) atoms. The van der Waals surface area contributed by atoms with Gasteiger partial charge in [-0.25, -0.2) is 0 Å². The van der Waals surface area contributed by atoms with Crippen LogP contribution in [0.5, 0.6) is 0 Å². The lowest BCUT2D eigenvalue weighted by Crippen LogP contribution is -2.41. The Bertz CT molecular complexity index is 430. The molecule has 1 aromatic heterocycles. The summed E-state index contributed by atoms with van der Waals surface area (Å²) in [4.78, 5) is 23.7. The molecule has 1 rings (SSSR count). The Kier molecular flexibility index (Phi) is 4.85. The summed E-state index contributed by atoms with van der Waals surface area (Å²) in [6, 6.07) is -0.775. The van der Waals surface area contributed by atoms with E-state index < -0.39 is 12.0 Å². The molecule has 0 saturated carbocycles. The first-order valence-electron chi connectivity index (χ1n) is 5.60. The molecule has 0 aliphatic rings. The van der Waals surface area contributed by atoms with Crippen LogP contribution in [0.25, 0.3) is 0 Å². The van der Waals surface area contributed by atoms with E-state index in [0.717, 1.165) is 5.56 Å². The summed E-state index contributed by atoms with van der Waals surface area (Å²) < 4.78 is 1.65. The lowest BCUT2D eigenvalue weighted by atomic mass is 10.1. The molecule has 3 N–H and O–H groups in total. The summed E-state index contributed by atoms with van der Waals surface area (Å²) in [6.07, 6.45) is 3.53. The van der Waals surface area contributed by atoms with E-state index in [9.17, 15) is 9.59 Å². The van der Waals surface area contributed by atoms with E-state index in [1.807, 2.05) is 6.20 Å². The molecule has 7 heteroatoms. The minimum atomic E-state index is -0.951. The minimum Gasteiger partial charge on any atom is -0.481 e. The van der Waals surface area contributed by atoms with Gasteiger partial charge in [0, 0.05) is 38.8 Å². The second-order valence-corrected chi connectivity index (χ2v) is 4.26. The molecule has 1 atom stereocenters. The van der Waals surface area contributed by atoms with Gasteiger partial charge in [-0.05, 0) is 6.42 Å². The summed E-state index contributed by atoms with van der Waals surface area (Å²) in [5.41, 5.74) is 6.55. The number of hydrogen-bond donors (Lipinski definition) is 2. The van der Waals surface area contributed by atoms with Crippen molar-refractivity contribution in [2.24, 2.45) is 12.8 Å². The van der Waals surface area contributed by atoms with Gasteiger partial charge in [0.2, 0.25) is 5.91 Å². The van der Waals surface area contributed by atoms with Gasteiger partial charge >= 0.3 is 5.97 Å². The summed E-state index contributed by atoms with van der Waals surface area (Å²) in [7, 11) is 3.43. The molecule has 0 bridgehead atoms. The van der Waals surface area contributed by atoms with Crippen molar-refractivity contribution in [2.45, 2.75) is 25.4 Å². The first-order chi connectivity index (χ1) is 8.40. The van der Waals surface area contributed by atoms with Crippen LogP contribution < -0.4 is 5.73 Å². The molecule has 0 radical (unpaired) electrons. The zero-order valence-corrected chi connectivity index (χ0v) is 10.5. The maximum Gasteiger partial charge on any atom is 0.303 e. The zero-order chi connectivity index (χ0) is 13.7. The topological polar surface area (TPSA) is 101 Å². The fourth-order valence-electron chi connectivity index (χ4n) is 1.59. The van der Waals surface area contributed by atoms with E-state index in [4.69, 9.17) is 10.8 Å². The van der Waals surface area contributed by atoms with Gasteiger partial charge in [-0.15, -0.1) is 0 Å². The number of carboxylic acids is 1. The molecule has 0 aliphatic carbocycles. The van der Waals surface area contributed by atoms with Gasteiger partial charge in [-0.3, -0.25) is 14.3 Å². The van der Waals surface area contributed by atoms with Crippen molar-refractivity contribution >= 4 is 11.9 Å². The van der Waals surface area contributed by atoms with Gasteiger partial charge in [-0.1, -0.05) is 0 Å². The third-order valence-electron chi connectivity index (χ3n) is 2.54. The average Bonchev–Trinajstić information content (AvgIpc) is 2.70. The fraction of sp³-hybridized carbons (Fsp3) is 0.545. The maximum absolute atomic E-state index is 11.8. The van der Waals surface area contributed by atoms with Crippen molar-refractivity contribution < 1.29 is 14.7 Å². The third kappa shape index (κ3) is 4.17. The maximum atomic E-state index is 11.8. The zero-order valence-electron chi connectivity index (χ0n) is 10.5. The molecule has 0 saturated heterocycles. The summed E-state index contributed by atoms with van der Waals surface area (Å²) in [5, 5.41) is 12.5. The molecular weight excluding hydrogens is 236 g/mol. The standard InChI is InChI=1S/C11H18N4O3/c1-14(6-8-5-13-15(2)7-8)11(18)9(12)3-4-10(16)17/h5,7,9H,3-4,6,12H2,1-2H3,(H,16,17). The number of aryl methyl sites for hydroxylation is 1. The van der Waals surface area contributed by atoms with Gasteiger partial charge in [0.1, 0.15) is 0 Å². The molecule has 1 amide bonds. The number of carbonyl (C=O) groups excluding carboxylic acids is 1. The van der Waals surface area contributed by atoms with E-state index in [1.165, 1.54) is 4.90 Å². The Morgan fingerprint density at radius 2 is 2.28 bits per heavy atom. The molecule has 1 unspecified atom stereocenters. The highest BCUT2D eigenvalue weighted by Gasteiger charge is 2.19. The Hall–Kier alpha value is -1.89. The lowest BCUT2D eigenvalue weighted by Gasteiger charge is -2.20. The smallest absolute Gasteiger partial charge is 0.303 e. The van der Waals surface area contributed by atoms with Crippen LogP contribution in [0.1, 0.15) is 18.4 Å². The van der Waals surface area contributed by atoms with Gasteiger partial charge in [0.15, 0.2) is 0 Å². The number of rotatable bonds is 6. The van der Waals surface area contributed by atoms with E-state index >= 15 is 0 Å². The van der Waals surface area contributed by atoms with Crippen molar-refractivity contribution in [1.82, 2.24) is 14.7 Å². The van der Waals surface area contributed by atoms with Crippen LogP contribution in [0.2, 0.25) is 0 Å². The second kappa shape index (κ2) is 6.15. The molecular formula is C11H18N4O3. The highest BCUT2D eigenvalue weighted by Crippen LogP contribution is 2.05. The number of carbonyl (C=O) groups is 2. The molecule has 7 nitrogen and oxygen atoms in total. The number of aromatic nitrogens is 2. The van der Waals surface area contributed by atoms with Crippen LogP contribution in [-0.4, -0.2) is 44.8 Å². The number of amides is 1. The monoisotopic (exact) mass is 254 g/mol. The van der Waals surface area contributed by atoms with E-state index in [1.54, 1.807) is 25.0 Å². The quantitative estimate of drug-likeness (QED) is 0.717. The number of nitrogens with two attached hydrogens (primary N) is 1. The van der Waals surface area contributed by atoms with Crippen LogP contribution in [0, 0.1) is 0 Å². The van der Waals surface area contributed by atoms with Gasteiger partial charge < -0.3 is 15.7 Å². The van der Waals surface area contributed by atoms with Crippen LogP contribution in [0.15, 0.2) is 12.4 Å². The van der Waals surface area contributed by atoms with Gasteiger partial charge in [0.05, 0.1) is 12.2 Å². The summed E-state index contributed by atoms with van der Waals surface area (Å²) in [6.45, 7) is 0.410. The van der Waals surface area contributed by atoms with Crippen LogP contribution in [-0.2, 0) is 23.2 Å². The number of hydrogen-bond acceptors (Lipinski definition) is 4. The highest BCUT2D eigenvalue weighted by atomic mass is 16.4. The van der Waals surface area contributed by atoms with Crippen molar-refractivity contribution in [3.63, 3.8) is 0 Å². The molecule has 1 aromatic rings. The first kappa shape index (κ1) is 14.2. The molecule has 0 aliphatic heterocycles. The first-order valence-corrected chi connectivity index (χ1v) is 5.60. The Labute approximate surface area is 105 Å². The Morgan fingerprint density at radius 3 is 2.78 bits per heavy atom. The number of carboxylic acid groups (broad SMARTS) is 1. The molecule has 100 valence electrons. The number of nitrogens with zero attached hydrogens (tertiary/aromatic N) is 3. The van der Waals surface area contributed by atoms with Crippen LogP contribution in [0.3, 0.4) is 0 Å². The van der Waals surface area contributed by atoms with Crippen molar-refractivity contribution in [3.8, 4) is 0 Å². The van der Waals surface area contributed by atoms with Crippen LogP contribution >= 0.6 is 0 Å². The van der Waals surface area contributed by atoms with Crippen molar-refractivity contribution in [2.75, 3.05) is 7.05 Å². The van der Waals surface area contributed by atoms with E-state index in [-0.39, 0.29) is 18.7 Å². The second-order valence-electron chi connectivity index (χ2n) is 4.26. The molecule has 0 aromatic carbocycles. The van der Waals surface area contributed by atoms with Crippen molar-refractivity contribution in [1.29, 1.82) is 0 Å². The normalized spacial score (nSPS) is 12.2. The van der Waals surface area contributed by atoms with E-state index in [0.29, 0.717) is 6.54 Å². The average molecular weight is 254 g/mol. The minimum absolute atomic E-state index is 0.104. The fourth-order valence-corrected chi connectivity index (χ4v) is 1.59. The Balaban J connectivity index is 2.47. The number of likely N-dealkylation sites (N-methyl/N-ethyl adjacent to an activating group) is 1. The largest absolute Gasteiger partial charge is 0.481 e. The highest BCUT2D eigenvalue weighted by molar-refractivity contribution is 5.82. The molecule has 1 heterocycles. The predicted octanol–water partition coefficient (Wildman–Crippen LogP) is -0.429. The Morgan fingerprint density at radius 1 is 1.61 bits per heavy atom. The molecule has 0 spiro atoms. The lowest BCUT2D eigenvalue weighted by molar-refractivity contribution is -0.137. The third-order valence-corrected chi connectivity index (χ3v) is 2.54.